The lowest BCUT2D eigenvalue weighted by molar-refractivity contribution is -0.384. The van der Waals surface area contributed by atoms with Crippen molar-refractivity contribution in [2.75, 3.05) is 17.7 Å². The fourth-order valence-corrected chi connectivity index (χ4v) is 1.71. The molecular formula is C14H12N4O5. The maximum absolute atomic E-state index is 11.9. The molecule has 2 amide bonds. The number of amides is 2. The van der Waals surface area contributed by atoms with Crippen LogP contribution in [-0.2, 0) is 9.59 Å². The highest BCUT2D eigenvalue weighted by atomic mass is 16.6. The third kappa shape index (κ3) is 4.00. The molecule has 0 saturated carbocycles. The molecule has 2 rings (SSSR count). The normalized spacial score (nSPS) is 9.78. The first kappa shape index (κ1) is 15.9. The number of non-ortho nitro benzene ring substituents is 1. The van der Waals surface area contributed by atoms with Gasteiger partial charge in [0.2, 0.25) is 0 Å². The maximum Gasteiger partial charge on any atom is 0.314 e. The van der Waals surface area contributed by atoms with Crippen molar-refractivity contribution in [3.63, 3.8) is 0 Å². The van der Waals surface area contributed by atoms with Crippen LogP contribution in [0.1, 0.15) is 0 Å². The molecule has 1 aromatic heterocycles. The van der Waals surface area contributed by atoms with Gasteiger partial charge >= 0.3 is 11.8 Å². The summed E-state index contributed by atoms with van der Waals surface area (Å²) in [6.45, 7) is 0. The first-order chi connectivity index (χ1) is 11.0. The van der Waals surface area contributed by atoms with Gasteiger partial charge in [-0.25, -0.2) is 0 Å². The van der Waals surface area contributed by atoms with Crippen molar-refractivity contribution in [1.29, 1.82) is 0 Å². The molecule has 0 aliphatic heterocycles. The monoisotopic (exact) mass is 316 g/mol. The number of benzene rings is 1. The Kier molecular flexibility index (Phi) is 4.82. The fourth-order valence-electron chi connectivity index (χ4n) is 1.71. The average Bonchev–Trinajstić information content (AvgIpc) is 2.55. The van der Waals surface area contributed by atoms with Crippen LogP contribution in [0, 0.1) is 10.1 Å². The predicted octanol–water partition coefficient (Wildman–Crippen LogP) is 1.58. The van der Waals surface area contributed by atoms with Gasteiger partial charge in [0.1, 0.15) is 5.75 Å². The highest BCUT2D eigenvalue weighted by Crippen LogP contribution is 2.28. The molecule has 0 fully saturated rings. The molecule has 2 aromatic rings. The van der Waals surface area contributed by atoms with Crippen LogP contribution in [0.25, 0.3) is 0 Å². The van der Waals surface area contributed by atoms with Crippen LogP contribution >= 0.6 is 0 Å². The molecule has 1 heterocycles. The Labute approximate surface area is 130 Å². The number of ether oxygens (including phenoxy) is 1. The van der Waals surface area contributed by atoms with Crippen LogP contribution in [0.4, 0.5) is 17.1 Å². The van der Waals surface area contributed by atoms with E-state index in [1.165, 1.54) is 31.6 Å². The van der Waals surface area contributed by atoms with E-state index < -0.39 is 16.7 Å². The van der Waals surface area contributed by atoms with Gasteiger partial charge in [0.25, 0.3) is 5.69 Å². The van der Waals surface area contributed by atoms with Crippen LogP contribution in [0.15, 0.2) is 42.7 Å². The topological polar surface area (TPSA) is 123 Å². The zero-order valence-corrected chi connectivity index (χ0v) is 12.0. The van der Waals surface area contributed by atoms with Crippen molar-refractivity contribution in [2.24, 2.45) is 0 Å². The number of pyridine rings is 1. The summed E-state index contributed by atoms with van der Waals surface area (Å²) in [5.74, 6) is -1.74. The van der Waals surface area contributed by atoms with E-state index in [-0.39, 0.29) is 17.1 Å². The largest absolute Gasteiger partial charge is 0.495 e. The van der Waals surface area contributed by atoms with E-state index in [1.807, 2.05) is 0 Å². The maximum atomic E-state index is 11.9. The third-order valence-corrected chi connectivity index (χ3v) is 2.77. The number of nitrogens with one attached hydrogen (secondary N) is 2. The van der Waals surface area contributed by atoms with Crippen molar-refractivity contribution in [3.05, 3.63) is 52.8 Å². The van der Waals surface area contributed by atoms with Crippen LogP contribution in [-0.4, -0.2) is 28.8 Å². The van der Waals surface area contributed by atoms with Crippen molar-refractivity contribution < 1.29 is 19.2 Å². The lowest BCUT2D eigenvalue weighted by Crippen LogP contribution is -2.29. The highest BCUT2D eigenvalue weighted by molar-refractivity contribution is 6.43. The molecule has 0 bridgehead atoms. The number of anilines is 2. The zero-order chi connectivity index (χ0) is 16.8. The molecule has 2 N–H and O–H groups in total. The summed E-state index contributed by atoms with van der Waals surface area (Å²) in [4.78, 5) is 37.7. The van der Waals surface area contributed by atoms with Crippen molar-refractivity contribution in [2.45, 2.75) is 0 Å². The number of rotatable bonds is 4. The highest BCUT2D eigenvalue weighted by Gasteiger charge is 2.18. The van der Waals surface area contributed by atoms with Crippen LogP contribution in [0.5, 0.6) is 5.75 Å². The Morgan fingerprint density at radius 2 is 1.96 bits per heavy atom. The summed E-state index contributed by atoms with van der Waals surface area (Å²) in [5, 5.41) is 15.4. The van der Waals surface area contributed by atoms with Crippen molar-refractivity contribution in [1.82, 2.24) is 4.98 Å². The number of aromatic nitrogens is 1. The summed E-state index contributed by atoms with van der Waals surface area (Å²) in [6, 6.07) is 6.81. The second-order valence-electron chi connectivity index (χ2n) is 4.29. The van der Waals surface area contributed by atoms with E-state index >= 15 is 0 Å². The van der Waals surface area contributed by atoms with E-state index in [0.717, 1.165) is 6.07 Å². The Morgan fingerprint density at radius 3 is 2.57 bits per heavy atom. The number of methoxy groups -OCH3 is 1. The van der Waals surface area contributed by atoms with E-state index in [4.69, 9.17) is 4.74 Å². The van der Waals surface area contributed by atoms with Crippen molar-refractivity contribution in [3.8, 4) is 5.75 Å². The summed E-state index contributed by atoms with van der Waals surface area (Å²) in [7, 11) is 1.34. The molecule has 0 atom stereocenters. The van der Waals surface area contributed by atoms with Crippen molar-refractivity contribution >= 4 is 28.9 Å². The number of hydrogen-bond donors (Lipinski definition) is 2. The molecule has 9 heteroatoms. The van der Waals surface area contributed by atoms with Gasteiger partial charge in [-0.1, -0.05) is 0 Å². The lowest BCUT2D eigenvalue weighted by atomic mass is 10.2. The zero-order valence-electron chi connectivity index (χ0n) is 12.0. The summed E-state index contributed by atoms with van der Waals surface area (Å²) >= 11 is 0. The smallest absolute Gasteiger partial charge is 0.314 e. The number of hydrogen-bond acceptors (Lipinski definition) is 6. The molecule has 0 unspecified atom stereocenters. The minimum Gasteiger partial charge on any atom is -0.495 e. The number of carbonyl (C=O) groups excluding carboxylic acids is 2. The number of nitro groups is 1. The molecular weight excluding hydrogens is 304 g/mol. The standard InChI is InChI=1S/C14H12N4O5/c1-23-12-5-4-10(18(21)22)7-11(12)17-14(20)13(19)16-9-3-2-6-15-8-9/h2-8H,1H3,(H,16,19)(H,17,20). The van der Waals surface area contributed by atoms with Gasteiger partial charge in [0.15, 0.2) is 0 Å². The molecule has 1 aromatic carbocycles. The average molecular weight is 316 g/mol. The van der Waals surface area contributed by atoms with Gasteiger partial charge in [0, 0.05) is 18.3 Å². The summed E-state index contributed by atoms with van der Waals surface area (Å²) in [5.41, 5.74) is 0.125. The van der Waals surface area contributed by atoms with E-state index in [2.05, 4.69) is 15.6 Å². The SMILES string of the molecule is COc1ccc([N+](=O)[O-])cc1NC(=O)C(=O)Nc1cccnc1. The van der Waals surface area contributed by atoms with Gasteiger partial charge in [-0.2, -0.15) is 0 Å². The number of nitrogens with zero attached hydrogens (tertiary/aromatic N) is 2. The molecule has 0 aliphatic rings. The Hall–Kier alpha value is -3.49. The fraction of sp³-hybridized carbons (Fsp3) is 0.0714. The number of carbonyl (C=O) groups is 2. The molecule has 0 spiro atoms. The number of nitro benzene ring substituents is 1. The quantitative estimate of drug-likeness (QED) is 0.501. The third-order valence-electron chi connectivity index (χ3n) is 2.77. The first-order valence-corrected chi connectivity index (χ1v) is 6.36. The van der Waals surface area contributed by atoms with E-state index in [9.17, 15) is 19.7 Å². The van der Waals surface area contributed by atoms with Gasteiger partial charge in [-0.05, 0) is 18.2 Å². The molecule has 0 aliphatic carbocycles. The Balaban J connectivity index is 2.14. The minimum atomic E-state index is -0.993. The second kappa shape index (κ2) is 6.98. The van der Waals surface area contributed by atoms with Gasteiger partial charge < -0.3 is 15.4 Å². The molecule has 23 heavy (non-hydrogen) atoms. The Morgan fingerprint density at radius 1 is 1.22 bits per heavy atom. The summed E-state index contributed by atoms with van der Waals surface area (Å²) in [6.07, 6.45) is 2.89. The van der Waals surface area contributed by atoms with Gasteiger partial charge in [0.05, 0.1) is 29.6 Å². The van der Waals surface area contributed by atoms with Gasteiger partial charge in [-0.15, -0.1) is 0 Å². The van der Waals surface area contributed by atoms with Crippen LogP contribution in [0.2, 0.25) is 0 Å². The van der Waals surface area contributed by atoms with E-state index in [0.29, 0.717) is 5.69 Å². The van der Waals surface area contributed by atoms with Crippen LogP contribution in [0.3, 0.4) is 0 Å². The second-order valence-corrected chi connectivity index (χ2v) is 4.29. The first-order valence-electron chi connectivity index (χ1n) is 6.36. The Bertz CT molecular complexity index is 748. The van der Waals surface area contributed by atoms with Crippen LogP contribution < -0.4 is 15.4 Å². The molecule has 0 radical (unpaired) electrons. The molecule has 9 nitrogen and oxygen atoms in total. The van der Waals surface area contributed by atoms with E-state index in [1.54, 1.807) is 12.1 Å². The lowest BCUT2D eigenvalue weighted by Gasteiger charge is -2.10. The summed E-state index contributed by atoms with van der Waals surface area (Å²) < 4.78 is 5.00. The predicted molar refractivity (Wildman–Crippen MR) is 81.1 cm³/mol. The van der Waals surface area contributed by atoms with Gasteiger partial charge in [-0.3, -0.25) is 24.7 Å². The molecule has 0 saturated heterocycles. The minimum absolute atomic E-state index is 0.0213. The molecule has 118 valence electrons.